The molecule has 0 unspecified atom stereocenters. The summed E-state index contributed by atoms with van der Waals surface area (Å²) < 4.78 is 11.0. The van der Waals surface area contributed by atoms with Gasteiger partial charge in [0.25, 0.3) is 5.79 Å². The highest BCUT2D eigenvalue weighted by Crippen LogP contribution is 2.69. The zero-order valence-corrected chi connectivity index (χ0v) is 10.3. The van der Waals surface area contributed by atoms with Crippen molar-refractivity contribution in [2.75, 3.05) is 0 Å². The summed E-state index contributed by atoms with van der Waals surface area (Å²) >= 11 is 6.92. The monoisotopic (exact) mass is 258 g/mol. The second-order valence-electron chi connectivity index (χ2n) is 4.63. The van der Waals surface area contributed by atoms with Crippen molar-refractivity contribution in [1.82, 2.24) is 0 Å². The van der Waals surface area contributed by atoms with Crippen LogP contribution in [-0.4, -0.2) is 12.1 Å². The van der Waals surface area contributed by atoms with Gasteiger partial charge in [0.15, 0.2) is 4.87 Å². The van der Waals surface area contributed by atoms with Gasteiger partial charge in [-0.15, -0.1) is 11.6 Å². The molecule has 2 nitrogen and oxygen atoms in total. The first kappa shape index (κ1) is 10.6. The van der Waals surface area contributed by atoms with Crippen LogP contribution >= 0.6 is 11.6 Å². The summed E-state index contributed by atoms with van der Waals surface area (Å²) in [5, 5.41) is 0. The average molecular weight is 259 g/mol. The van der Waals surface area contributed by atoms with Crippen LogP contribution in [0.1, 0.15) is 11.1 Å². The number of ether oxygens (including phenoxy) is 2. The lowest BCUT2D eigenvalue weighted by Gasteiger charge is -2.28. The maximum absolute atomic E-state index is 6.92. The minimum absolute atomic E-state index is 0.143. The highest BCUT2D eigenvalue weighted by molar-refractivity contribution is 6.27. The molecule has 4 rings (SSSR count). The Kier molecular flexibility index (Phi) is 1.97. The number of halogens is 1. The van der Waals surface area contributed by atoms with Gasteiger partial charge >= 0.3 is 0 Å². The van der Waals surface area contributed by atoms with E-state index < -0.39 is 10.7 Å². The molecular weight excluding hydrogens is 248 g/mol. The van der Waals surface area contributed by atoms with Gasteiger partial charge < -0.3 is 9.47 Å². The summed E-state index contributed by atoms with van der Waals surface area (Å²) in [5.74, 6) is -0.655. The SMILES string of the molecule is ClC(c1ccccc1)(c1ccccc1)C12OC1O2. The van der Waals surface area contributed by atoms with Gasteiger partial charge in [0.2, 0.25) is 6.29 Å². The number of hydrogen-bond acceptors (Lipinski definition) is 2. The number of epoxide rings is 2. The number of fused-ring (bicyclic) bond motifs is 1. The molecule has 0 bridgehead atoms. The van der Waals surface area contributed by atoms with Crippen LogP contribution in [0.15, 0.2) is 60.7 Å². The molecule has 0 amide bonds. The Labute approximate surface area is 110 Å². The quantitative estimate of drug-likeness (QED) is 0.624. The predicted octanol–water partition coefficient (Wildman–Crippen LogP) is 3.25. The molecular formula is C15H11ClO2. The van der Waals surface area contributed by atoms with Crippen molar-refractivity contribution in [3.8, 4) is 0 Å². The Morgan fingerprint density at radius 3 is 1.56 bits per heavy atom. The fourth-order valence-corrected chi connectivity index (χ4v) is 2.92. The molecule has 0 spiro atoms. The highest BCUT2D eigenvalue weighted by Gasteiger charge is 2.87. The van der Waals surface area contributed by atoms with Crippen LogP contribution in [0.25, 0.3) is 0 Å². The van der Waals surface area contributed by atoms with E-state index in [-0.39, 0.29) is 6.29 Å². The van der Waals surface area contributed by atoms with E-state index in [4.69, 9.17) is 21.1 Å². The third-order valence-corrected chi connectivity index (χ3v) is 4.28. The normalized spacial score (nSPS) is 28.6. The molecule has 0 saturated carbocycles. The molecule has 2 aromatic carbocycles. The summed E-state index contributed by atoms with van der Waals surface area (Å²) in [7, 11) is 0. The maximum Gasteiger partial charge on any atom is 0.254 e. The molecule has 2 aromatic rings. The average Bonchev–Trinajstić information content (AvgIpc) is 3.29. The summed E-state index contributed by atoms with van der Waals surface area (Å²) in [4.78, 5) is -0.764. The lowest BCUT2D eigenvalue weighted by molar-refractivity contribution is -0.0646. The van der Waals surface area contributed by atoms with Crippen molar-refractivity contribution in [2.24, 2.45) is 0 Å². The molecule has 0 radical (unpaired) electrons. The summed E-state index contributed by atoms with van der Waals surface area (Å²) in [6.07, 6.45) is -0.143. The molecule has 2 aliphatic heterocycles. The minimum Gasteiger partial charge on any atom is -0.308 e. The summed E-state index contributed by atoms with van der Waals surface area (Å²) in [6.45, 7) is 0. The molecule has 90 valence electrons. The Bertz CT molecular complexity index is 536. The molecule has 0 atom stereocenters. The van der Waals surface area contributed by atoms with Gasteiger partial charge in [0.05, 0.1) is 0 Å². The van der Waals surface area contributed by atoms with Crippen molar-refractivity contribution in [1.29, 1.82) is 0 Å². The lowest BCUT2D eigenvalue weighted by Crippen LogP contribution is -2.33. The van der Waals surface area contributed by atoms with E-state index in [1.165, 1.54) is 0 Å². The highest BCUT2D eigenvalue weighted by atomic mass is 35.5. The second-order valence-corrected chi connectivity index (χ2v) is 5.19. The molecule has 0 N–H and O–H groups in total. The Balaban J connectivity index is 1.90. The zero-order chi connectivity index (χ0) is 12.2. The molecule has 2 fully saturated rings. The Morgan fingerprint density at radius 1 is 0.833 bits per heavy atom. The molecule has 18 heavy (non-hydrogen) atoms. The van der Waals surface area contributed by atoms with Crippen molar-refractivity contribution in [3.63, 3.8) is 0 Å². The minimum atomic E-state index is -0.764. The topological polar surface area (TPSA) is 25.1 Å². The fraction of sp³-hybridized carbons (Fsp3) is 0.200. The second kappa shape index (κ2) is 3.35. The fourth-order valence-electron chi connectivity index (χ4n) is 2.49. The van der Waals surface area contributed by atoms with Crippen LogP contribution in [-0.2, 0) is 14.3 Å². The lowest BCUT2D eigenvalue weighted by atomic mass is 9.87. The summed E-state index contributed by atoms with van der Waals surface area (Å²) in [5.41, 5.74) is 2.00. The molecule has 0 aliphatic carbocycles. The van der Waals surface area contributed by atoms with Gasteiger partial charge in [-0.3, -0.25) is 0 Å². The van der Waals surface area contributed by atoms with Crippen LogP contribution in [0.2, 0.25) is 0 Å². The van der Waals surface area contributed by atoms with Crippen LogP contribution in [0.4, 0.5) is 0 Å². The Hall–Kier alpha value is -1.35. The van der Waals surface area contributed by atoms with E-state index in [9.17, 15) is 0 Å². The smallest absolute Gasteiger partial charge is 0.254 e. The molecule has 0 aromatic heterocycles. The van der Waals surface area contributed by atoms with Gasteiger partial charge in [-0.05, 0) is 11.1 Å². The van der Waals surface area contributed by atoms with Crippen molar-refractivity contribution < 1.29 is 9.47 Å². The number of hydrogen-bond donors (Lipinski definition) is 0. The molecule has 2 saturated heterocycles. The van der Waals surface area contributed by atoms with Gasteiger partial charge in [-0.2, -0.15) is 0 Å². The first-order valence-corrected chi connectivity index (χ1v) is 6.31. The van der Waals surface area contributed by atoms with E-state index in [1.807, 2.05) is 60.7 Å². The first-order chi connectivity index (χ1) is 8.77. The van der Waals surface area contributed by atoms with Gasteiger partial charge in [-0.25, -0.2) is 0 Å². The van der Waals surface area contributed by atoms with Crippen molar-refractivity contribution >= 4 is 11.6 Å². The Morgan fingerprint density at radius 2 is 1.22 bits per heavy atom. The largest absolute Gasteiger partial charge is 0.308 e. The van der Waals surface area contributed by atoms with E-state index in [2.05, 4.69) is 0 Å². The number of rotatable bonds is 3. The molecule has 2 aliphatic rings. The van der Waals surface area contributed by atoms with Gasteiger partial charge in [0.1, 0.15) is 0 Å². The van der Waals surface area contributed by atoms with E-state index in [1.54, 1.807) is 0 Å². The van der Waals surface area contributed by atoms with Crippen LogP contribution in [0.3, 0.4) is 0 Å². The van der Waals surface area contributed by atoms with Crippen LogP contribution < -0.4 is 0 Å². The van der Waals surface area contributed by atoms with Crippen molar-refractivity contribution in [2.45, 2.75) is 17.0 Å². The van der Waals surface area contributed by atoms with E-state index >= 15 is 0 Å². The van der Waals surface area contributed by atoms with E-state index in [0.29, 0.717) is 0 Å². The predicted molar refractivity (Wildman–Crippen MR) is 68.2 cm³/mol. The maximum atomic E-state index is 6.92. The number of benzene rings is 2. The summed E-state index contributed by atoms with van der Waals surface area (Å²) in [6, 6.07) is 19.9. The van der Waals surface area contributed by atoms with Crippen LogP contribution in [0, 0.1) is 0 Å². The molecule has 2 heterocycles. The third kappa shape index (κ3) is 1.20. The zero-order valence-electron chi connectivity index (χ0n) is 9.55. The standard InChI is InChI=1S/C15H11ClO2/c16-14(15-13(17-15)18-15,11-7-3-1-4-8-11)12-9-5-2-6-10-12/h1-10,13H. The first-order valence-electron chi connectivity index (χ1n) is 5.93. The molecule has 3 heteroatoms. The van der Waals surface area contributed by atoms with Crippen LogP contribution in [0.5, 0.6) is 0 Å². The van der Waals surface area contributed by atoms with Gasteiger partial charge in [0, 0.05) is 0 Å². The number of alkyl halides is 1. The van der Waals surface area contributed by atoms with Gasteiger partial charge in [-0.1, -0.05) is 60.7 Å². The van der Waals surface area contributed by atoms with E-state index in [0.717, 1.165) is 11.1 Å². The van der Waals surface area contributed by atoms with Crippen molar-refractivity contribution in [3.05, 3.63) is 71.8 Å². The third-order valence-electron chi connectivity index (χ3n) is 3.58.